The molecule has 0 aliphatic rings. The third-order valence-electron chi connectivity index (χ3n) is 3.61. The number of pyridine rings is 1. The van der Waals surface area contributed by atoms with Crippen LogP contribution in [0.1, 0.15) is 5.56 Å². The molecule has 9 nitrogen and oxygen atoms in total. The highest BCUT2D eigenvalue weighted by molar-refractivity contribution is 7.92. The minimum Gasteiger partial charge on any atom is -0.483 e. The molecule has 3 aromatic rings. The molecule has 0 atom stereocenters. The lowest BCUT2D eigenvalue weighted by molar-refractivity contribution is -0.274. The van der Waals surface area contributed by atoms with E-state index in [0.29, 0.717) is 0 Å². The highest BCUT2D eigenvalue weighted by atomic mass is 32.2. The number of nitrogens with one attached hydrogen (secondary N) is 1. The van der Waals surface area contributed by atoms with Crippen molar-refractivity contribution in [2.45, 2.75) is 11.3 Å². The van der Waals surface area contributed by atoms with Gasteiger partial charge < -0.3 is 14.6 Å². The third kappa shape index (κ3) is 7.64. The molecule has 0 saturated heterocycles. The van der Waals surface area contributed by atoms with Crippen LogP contribution in [-0.2, 0) is 14.8 Å². The highest BCUT2D eigenvalue weighted by Crippen LogP contribution is 2.31. The average molecular weight is 499 g/mol. The van der Waals surface area contributed by atoms with Crippen molar-refractivity contribution in [3.8, 4) is 23.3 Å². The number of ether oxygens (including phenoxy) is 2. The van der Waals surface area contributed by atoms with Crippen LogP contribution < -0.4 is 14.2 Å². The Hall–Kier alpha value is -4.38. The number of hydrogen-bond acceptors (Lipinski definition) is 7. The Bertz CT molecular complexity index is 1290. The van der Waals surface area contributed by atoms with Gasteiger partial charge in [0.2, 0.25) is 0 Å². The van der Waals surface area contributed by atoms with Gasteiger partial charge in [0.1, 0.15) is 35.0 Å². The predicted octanol–water partition coefficient (Wildman–Crippen LogP) is 4.28. The number of alkyl halides is 3. The van der Waals surface area contributed by atoms with E-state index in [4.69, 9.17) is 14.6 Å². The molecule has 178 valence electrons. The summed E-state index contributed by atoms with van der Waals surface area (Å²) in [7, 11) is -4.16. The topological polar surface area (TPSA) is 139 Å². The van der Waals surface area contributed by atoms with Gasteiger partial charge in [0, 0.05) is 6.07 Å². The number of hydrogen-bond donors (Lipinski definition) is 2. The van der Waals surface area contributed by atoms with E-state index in [1.807, 2.05) is 0 Å². The minimum atomic E-state index is -4.89. The fraction of sp³-hybridized carbons (Fsp3) is 0.0500. The molecule has 0 saturated carbocycles. The van der Waals surface area contributed by atoms with Gasteiger partial charge in [-0.1, -0.05) is 6.07 Å². The van der Waals surface area contributed by atoms with Gasteiger partial charge in [0.15, 0.2) is 0 Å². The molecule has 1 aromatic heterocycles. The van der Waals surface area contributed by atoms with Gasteiger partial charge in [-0.05, 0) is 42.5 Å². The maximum atomic E-state index is 12.9. The van der Waals surface area contributed by atoms with Crippen molar-refractivity contribution >= 4 is 22.3 Å². The van der Waals surface area contributed by atoms with Gasteiger partial charge in [0.25, 0.3) is 16.5 Å². The van der Waals surface area contributed by atoms with Crippen molar-refractivity contribution in [2.24, 2.45) is 0 Å². The SMILES string of the molecule is N#Cc1cc(S(=O)(=O)Nc2ccc(F)cn2)ccc1Oc1cccc(OC(F)(F)F)c1.O=CO. The molecule has 0 amide bonds. The summed E-state index contributed by atoms with van der Waals surface area (Å²) in [4.78, 5) is 11.6. The summed E-state index contributed by atoms with van der Waals surface area (Å²) >= 11 is 0. The number of anilines is 1. The van der Waals surface area contributed by atoms with Gasteiger partial charge in [-0.15, -0.1) is 13.2 Å². The third-order valence-corrected chi connectivity index (χ3v) is 4.97. The number of carbonyl (C=O) groups is 1. The predicted molar refractivity (Wildman–Crippen MR) is 108 cm³/mol. The Morgan fingerprint density at radius 2 is 1.76 bits per heavy atom. The summed E-state index contributed by atoms with van der Waals surface area (Å²) in [5, 5.41) is 16.2. The lowest BCUT2D eigenvalue weighted by Gasteiger charge is -2.12. The Morgan fingerprint density at radius 1 is 1.09 bits per heavy atom. The normalized spacial score (nSPS) is 10.8. The van der Waals surface area contributed by atoms with Gasteiger partial charge in [0.05, 0.1) is 16.7 Å². The van der Waals surface area contributed by atoms with Crippen LogP contribution in [0.15, 0.2) is 65.7 Å². The number of carboxylic acid groups (broad SMARTS) is 1. The van der Waals surface area contributed by atoms with Crippen molar-refractivity contribution in [3.63, 3.8) is 0 Å². The van der Waals surface area contributed by atoms with E-state index < -0.39 is 28.0 Å². The molecule has 0 aliphatic heterocycles. The van der Waals surface area contributed by atoms with Crippen molar-refractivity contribution in [1.29, 1.82) is 5.26 Å². The number of aromatic nitrogens is 1. The van der Waals surface area contributed by atoms with Crippen LogP contribution >= 0.6 is 0 Å². The van der Waals surface area contributed by atoms with E-state index in [1.54, 1.807) is 6.07 Å². The smallest absolute Gasteiger partial charge is 0.483 e. The lowest BCUT2D eigenvalue weighted by Crippen LogP contribution is -2.17. The number of benzene rings is 2. The fourth-order valence-corrected chi connectivity index (χ4v) is 3.38. The first-order valence-corrected chi connectivity index (χ1v) is 10.3. The molecular weight excluding hydrogens is 486 g/mol. The molecule has 14 heteroatoms. The molecule has 0 fully saturated rings. The number of sulfonamides is 1. The van der Waals surface area contributed by atoms with Crippen LogP contribution in [0.4, 0.5) is 23.4 Å². The first-order valence-electron chi connectivity index (χ1n) is 8.77. The highest BCUT2D eigenvalue weighted by Gasteiger charge is 2.31. The monoisotopic (exact) mass is 499 g/mol. The summed E-state index contributed by atoms with van der Waals surface area (Å²) in [6.45, 7) is -0.250. The van der Waals surface area contributed by atoms with Crippen LogP contribution in [0, 0.1) is 17.1 Å². The molecular formula is C20H13F4N3O6S. The summed E-state index contributed by atoms with van der Waals surface area (Å²) < 4.78 is 86.3. The second-order valence-electron chi connectivity index (χ2n) is 5.97. The first kappa shape index (κ1) is 25.9. The first-order chi connectivity index (χ1) is 16.0. The van der Waals surface area contributed by atoms with Crippen LogP contribution in [0.25, 0.3) is 0 Å². The van der Waals surface area contributed by atoms with Crippen molar-refractivity contribution in [2.75, 3.05) is 4.72 Å². The molecule has 0 aliphatic carbocycles. The largest absolute Gasteiger partial charge is 0.573 e. The van der Waals surface area contributed by atoms with E-state index in [-0.39, 0.29) is 34.2 Å². The maximum absolute atomic E-state index is 12.9. The number of nitrogens with zero attached hydrogens (tertiary/aromatic N) is 2. The Morgan fingerprint density at radius 3 is 2.35 bits per heavy atom. The van der Waals surface area contributed by atoms with Gasteiger partial charge >= 0.3 is 6.36 Å². The fourth-order valence-electron chi connectivity index (χ4n) is 2.35. The van der Waals surface area contributed by atoms with Gasteiger partial charge in [-0.2, -0.15) is 5.26 Å². The summed E-state index contributed by atoms with van der Waals surface area (Å²) in [5.41, 5.74) is -0.197. The van der Waals surface area contributed by atoms with Gasteiger partial charge in [-0.25, -0.2) is 17.8 Å². The number of halogens is 4. The van der Waals surface area contributed by atoms with E-state index in [0.717, 1.165) is 42.6 Å². The Balaban J connectivity index is 0.00000129. The van der Waals surface area contributed by atoms with Crippen LogP contribution in [0.3, 0.4) is 0 Å². The van der Waals surface area contributed by atoms with Crippen LogP contribution in [0.5, 0.6) is 17.2 Å². The van der Waals surface area contributed by atoms with Crippen molar-refractivity contribution in [1.82, 2.24) is 4.98 Å². The molecule has 0 radical (unpaired) electrons. The molecule has 3 rings (SSSR count). The summed E-state index contributed by atoms with van der Waals surface area (Å²) in [5.74, 6) is -1.48. The summed E-state index contributed by atoms with van der Waals surface area (Å²) in [6, 6.07) is 11.8. The van der Waals surface area contributed by atoms with E-state index in [2.05, 4.69) is 14.4 Å². The molecule has 2 N–H and O–H groups in total. The van der Waals surface area contributed by atoms with E-state index in [1.165, 1.54) is 18.2 Å². The number of nitriles is 1. The molecule has 0 bridgehead atoms. The summed E-state index contributed by atoms with van der Waals surface area (Å²) in [6.07, 6.45) is -4.06. The second-order valence-corrected chi connectivity index (χ2v) is 7.65. The maximum Gasteiger partial charge on any atom is 0.573 e. The average Bonchev–Trinajstić information content (AvgIpc) is 2.75. The van der Waals surface area contributed by atoms with E-state index >= 15 is 0 Å². The zero-order valence-corrected chi connectivity index (χ0v) is 17.5. The molecule has 34 heavy (non-hydrogen) atoms. The number of rotatable bonds is 6. The lowest BCUT2D eigenvalue weighted by atomic mass is 10.2. The molecule has 1 heterocycles. The second kappa shape index (κ2) is 11.0. The standard InChI is InChI=1S/C19H11F4N3O4S.CH2O2/c20-13-4-7-18(25-11-13)26-31(27,28)16-5-6-17(12(8-16)10-24)29-14-2-1-3-15(9-14)30-19(21,22)23;2-1-3/h1-9,11H,(H,25,26);1H,(H,2,3). The molecule has 2 aromatic carbocycles. The van der Waals surface area contributed by atoms with Crippen molar-refractivity contribution < 1.29 is 45.4 Å². The molecule has 0 spiro atoms. The minimum absolute atomic E-state index is 0.0671. The van der Waals surface area contributed by atoms with E-state index in [9.17, 15) is 31.2 Å². The zero-order chi connectivity index (χ0) is 25.4. The zero-order valence-electron chi connectivity index (χ0n) is 16.7. The quantitative estimate of drug-likeness (QED) is 0.378. The Labute approximate surface area is 189 Å². The van der Waals surface area contributed by atoms with Crippen LogP contribution in [-0.4, -0.2) is 31.3 Å². The Kier molecular flexibility index (Phi) is 8.35. The van der Waals surface area contributed by atoms with Gasteiger partial charge in [-0.3, -0.25) is 9.52 Å². The molecule has 0 unspecified atom stereocenters. The van der Waals surface area contributed by atoms with Crippen LogP contribution in [0.2, 0.25) is 0 Å². The van der Waals surface area contributed by atoms with Crippen molar-refractivity contribution in [3.05, 3.63) is 72.2 Å².